The maximum absolute atomic E-state index is 13.4. The number of rotatable bonds is 5. The first-order valence-electron chi connectivity index (χ1n) is 8.06. The number of halogens is 1. The van der Waals surface area contributed by atoms with Crippen LogP contribution < -0.4 is 10.1 Å². The Kier molecular flexibility index (Phi) is 5.76. The van der Waals surface area contributed by atoms with Crippen LogP contribution in [0.2, 0.25) is 0 Å². The highest BCUT2D eigenvalue weighted by Crippen LogP contribution is 2.14. The Hall–Kier alpha value is -3.43. The van der Waals surface area contributed by atoms with Gasteiger partial charge in [-0.15, -0.1) is 5.10 Å². The minimum Gasteiger partial charge on any atom is -0.508 e. The lowest BCUT2D eigenvalue weighted by molar-refractivity contribution is -0.576. The molecule has 3 rings (SSSR count). The molecule has 0 aliphatic heterocycles. The summed E-state index contributed by atoms with van der Waals surface area (Å²) in [5, 5.41) is 19.3. The molecule has 0 atom stereocenters. The molecule has 3 N–H and O–H groups in total. The van der Waals surface area contributed by atoms with Gasteiger partial charge >= 0.3 is 0 Å². The van der Waals surface area contributed by atoms with Gasteiger partial charge in [-0.2, -0.15) is 0 Å². The van der Waals surface area contributed by atoms with Crippen LogP contribution in [0.15, 0.2) is 60.7 Å². The third kappa shape index (κ3) is 5.03. The van der Waals surface area contributed by atoms with E-state index in [-0.39, 0.29) is 17.3 Å². The first-order valence-corrected chi connectivity index (χ1v) is 8.06. The van der Waals surface area contributed by atoms with Crippen molar-refractivity contribution in [2.75, 3.05) is 13.2 Å². The molecule has 1 aromatic heterocycles. The lowest BCUT2D eigenvalue weighted by Gasteiger charge is -2.05. The third-order valence-electron chi connectivity index (χ3n) is 3.45. The highest BCUT2D eigenvalue weighted by Gasteiger charge is 2.03. The van der Waals surface area contributed by atoms with Crippen LogP contribution in [0.4, 0.5) is 10.2 Å². The van der Waals surface area contributed by atoms with Gasteiger partial charge in [-0.05, 0) is 48.4 Å². The number of aromatic nitrogens is 2. The Bertz CT molecular complexity index is 916. The number of hydrogen-bond donors (Lipinski definition) is 2. The van der Waals surface area contributed by atoms with E-state index in [1.54, 1.807) is 48.5 Å². The van der Waals surface area contributed by atoms with E-state index < -0.39 is 0 Å². The van der Waals surface area contributed by atoms with E-state index in [0.29, 0.717) is 24.7 Å². The monoisotopic (exact) mass is 350 g/mol. The molecular weight excluding hydrogens is 333 g/mol. The molecule has 0 bridgehead atoms. The summed E-state index contributed by atoms with van der Waals surface area (Å²) in [6.45, 7) is 0.937. The summed E-state index contributed by atoms with van der Waals surface area (Å²) in [6.07, 6.45) is 0. The number of aromatic hydroxyl groups is 1. The fraction of sp³-hybridized carbons (Fsp3) is 0.100. The molecule has 0 aliphatic carbocycles. The summed E-state index contributed by atoms with van der Waals surface area (Å²) in [6, 6.07) is 16.5. The second kappa shape index (κ2) is 8.60. The van der Waals surface area contributed by atoms with Crippen molar-refractivity contribution in [2.24, 2.45) is 0 Å². The average molecular weight is 350 g/mol. The molecule has 0 aliphatic rings. The topological polar surface area (TPSA) is 71.9 Å². The van der Waals surface area contributed by atoms with E-state index in [1.807, 2.05) is 11.4 Å². The van der Waals surface area contributed by atoms with Gasteiger partial charge in [0.1, 0.15) is 24.6 Å². The first-order chi connectivity index (χ1) is 12.7. The van der Waals surface area contributed by atoms with Crippen LogP contribution >= 0.6 is 0 Å². The molecule has 3 aromatic rings. The number of ether oxygens (including phenoxy) is 1. The van der Waals surface area contributed by atoms with Gasteiger partial charge in [0.25, 0.3) is 0 Å². The molecule has 0 fully saturated rings. The van der Waals surface area contributed by atoms with E-state index in [1.165, 1.54) is 6.07 Å². The number of nitrogens with zero attached hydrogens (tertiary/aromatic N) is 2. The van der Waals surface area contributed by atoms with Crippen molar-refractivity contribution in [3.05, 3.63) is 77.7 Å². The second-order valence-corrected chi connectivity index (χ2v) is 5.41. The van der Waals surface area contributed by atoms with Crippen LogP contribution in [0.25, 0.3) is 0 Å². The van der Waals surface area contributed by atoms with Crippen LogP contribution in [0.3, 0.4) is 0 Å². The van der Waals surface area contributed by atoms with E-state index in [2.05, 4.69) is 22.0 Å². The Balaban J connectivity index is 1.49. The molecule has 0 amide bonds. The smallest absolute Gasteiger partial charge is 0.243 e. The highest BCUT2D eigenvalue weighted by atomic mass is 19.1. The molecule has 0 unspecified atom stereocenters. The number of hydrogen-bond acceptors (Lipinski definition) is 4. The van der Waals surface area contributed by atoms with Crippen molar-refractivity contribution < 1.29 is 19.6 Å². The molecule has 130 valence electrons. The van der Waals surface area contributed by atoms with Gasteiger partial charge in [-0.3, -0.25) is 5.32 Å². The number of phenols is 1. The maximum Gasteiger partial charge on any atom is 0.243 e. The van der Waals surface area contributed by atoms with Crippen LogP contribution in [-0.4, -0.2) is 28.5 Å². The Morgan fingerprint density at radius 3 is 2.50 bits per heavy atom. The number of benzene rings is 2. The van der Waals surface area contributed by atoms with Gasteiger partial charge in [-0.1, -0.05) is 23.2 Å². The van der Waals surface area contributed by atoms with Gasteiger partial charge in [-0.25, -0.2) is 4.39 Å². The van der Waals surface area contributed by atoms with E-state index in [4.69, 9.17) is 4.74 Å². The number of quaternary nitrogens is 1. The molecular formula is C20H17FN3O2+. The summed E-state index contributed by atoms with van der Waals surface area (Å²) in [5.74, 6) is 6.65. The fourth-order valence-electron chi connectivity index (χ4n) is 2.14. The van der Waals surface area contributed by atoms with Crippen LogP contribution in [0.5, 0.6) is 11.5 Å². The standard InChI is InChI=1S/C20H16FN3O2/c21-18-3-1-2-4-19(18)26-14-13-22-20-12-9-16(23-24-20)8-5-15-6-10-17(25)11-7-15/h1-4,6-7,9-12,25H,13-14H2,(H,22,24)/p+1. The predicted molar refractivity (Wildman–Crippen MR) is 94.5 cm³/mol. The maximum atomic E-state index is 13.4. The minimum atomic E-state index is -0.371. The lowest BCUT2D eigenvalue weighted by Crippen LogP contribution is -2.79. The van der Waals surface area contributed by atoms with Gasteiger partial charge < -0.3 is 9.84 Å². The van der Waals surface area contributed by atoms with E-state index in [0.717, 1.165) is 5.56 Å². The molecule has 5 nitrogen and oxygen atoms in total. The van der Waals surface area contributed by atoms with Crippen LogP contribution in [0, 0.1) is 17.7 Å². The van der Waals surface area contributed by atoms with Gasteiger partial charge in [0, 0.05) is 11.6 Å². The summed E-state index contributed by atoms with van der Waals surface area (Å²) >= 11 is 0. The van der Waals surface area contributed by atoms with Crippen LogP contribution in [-0.2, 0) is 0 Å². The zero-order valence-corrected chi connectivity index (χ0v) is 13.9. The van der Waals surface area contributed by atoms with Gasteiger partial charge in [0.05, 0.1) is 0 Å². The molecule has 0 spiro atoms. The number of nitrogens with two attached hydrogens (primary N) is 1. The molecule has 26 heavy (non-hydrogen) atoms. The summed E-state index contributed by atoms with van der Waals surface area (Å²) in [5.41, 5.74) is 1.34. The predicted octanol–water partition coefficient (Wildman–Crippen LogP) is 1.99. The third-order valence-corrected chi connectivity index (χ3v) is 3.45. The number of para-hydroxylation sites is 1. The molecule has 0 saturated heterocycles. The number of phenolic OH excluding ortho intramolecular Hbond substituents is 1. The zero-order valence-electron chi connectivity index (χ0n) is 13.9. The van der Waals surface area contributed by atoms with E-state index >= 15 is 0 Å². The summed E-state index contributed by atoms with van der Waals surface area (Å²) in [7, 11) is 0. The molecule has 2 aromatic carbocycles. The fourth-order valence-corrected chi connectivity index (χ4v) is 2.14. The van der Waals surface area contributed by atoms with Gasteiger partial charge in [0.2, 0.25) is 5.82 Å². The largest absolute Gasteiger partial charge is 0.508 e. The first kappa shape index (κ1) is 17.4. The molecule has 0 saturated carbocycles. The van der Waals surface area contributed by atoms with Crippen molar-refractivity contribution in [3.8, 4) is 23.3 Å². The van der Waals surface area contributed by atoms with Gasteiger partial charge in [0.15, 0.2) is 11.6 Å². The van der Waals surface area contributed by atoms with Crippen molar-refractivity contribution in [1.29, 1.82) is 0 Å². The van der Waals surface area contributed by atoms with Crippen molar-refractivity contribution in [1.82, 2.24) is 10.2 Å². The Morgan fingerprint density at radius 2 is 1.77 bits per heavy atom. The second-order valence-electron chi connectivity index (χ2n) is 5.41. The highest BCUT2D eigenvalue weighted by molar-refractivity contribution is 5.42. The molecule has 1 heterocycles. The SMILES string of the molecule is Oc1ccc(C#Cc2ccc([NH2+]CCOc3ccccc3F)nn2)cc1. The lowest BCUT2D eigenvalue weighted by atomic mass is 10.2. The normalized spacial score (nSPS) is 10.0. The van der Waals surface area contributed by atoms with Crippen molar-refractivity contribution >= 4 is 5.82 Å². The summed E-state index contributed by atoms with van der Waals surface area (Å²) in [4.78, 5) is 0. The van der Waals surface area contributed by atoms with Crippen molar-refractivity contribution in [3.63, 3.8) is 0 Å². The minimum absolute atomic E-state index is 0.203. The van der Waals surface area contributed by atoms with Crippen LogP contribution in [0.1, 0.15) is 11.3 Å². The Labute approximate surface area is 150 Å². The zero-order chi connectivity index (χ0) is 18.2. The van der Waals surface area contributed by atoms with E-state index in [9.17, 15) is 9.50 Å². The quantitative estimate of drug-likeness (QED) is 0.545. The summed E-state index contributed by atoms with van der Waals surface area (Å²) < 4.78 is 18.8. The average Bonchev–Trinajstić information content (AvgIpc) is 2.67. The van der Waals surface area contributed by atoms with Crippen molar-refractivity contribution in [2.45, 2.75) is 0 Å². The molecule has 0 radical (unpaired) electrons. The Morgan fingerprint density at radius 1 is 0.962 bits per heavy atom. The molecule has 6 heteroatoms.